The van der Waals surface area contributed by atoms with Crippen LogP contribution in [0.3, 0.4) is 0 Å². The zero-order valence-corrected chi connectivity index (χ0v) is 19.4. The van der Waals surface area contributed by atoms with E-state index in [1.165, 1.54) is 12.2 Å². The van der Waals surface area contributed by atoms with Crippen molar-refractivity contribution < 1.29 is 38.1 Å². The normalized spacial score (nSPS) is 13.8. The molecule has 0 aliphatic carbocycles. The molecule has 0 atom stereocenters. The first-order valence-electron chi connectivity index (χ1n) is 10.9. The van der Waals surface area contributed by atoms with E-state index in [2.05, 4.69) is 5.32 Å². The van der Waals surface area contributed by atoms with Crippen molar-refractivity contribution in [3.8, 4) is 0 Å². The molecule has 0 bridgehead atoms. The molecule has 1 rings (SSSR count). The first-order chi connectivity index (χ1) is 15.2. The van der Waals surface area contributed by atoms with Gasteiger partial charge < -0.3 is 24.3 Å². The third-order valence-electron chi connectivity index (χ3n) is 4.46. The van der Waals surface area contributed by atoms with Gasteiger partial charge in [-0.05, 0) is 0 Å². The second-order valence-corrected chi connectivity index (χ2v) is 8.13. The number of carbonyl (C=O) groups is 4. The zero-order valence-electron chi connectivity index (χ0n) is 19.4. The standard InChI is InChI=1S/C22H36N2O8/c1-22(2,3)18(25)7-10-29-12-14-31-16-17-32-15-13-30-11-8-23-19(26)6-9-24-20(27)4-5-21(24)28/h4-5H,6-17H2,1-3H3,(H,23,26). The van der Waals surface area contributed by atoms with Crippen molar-refractivity contribution in [3.63, 3.8) is 0 Å². The number of hydrogen-bond acceptors (Lipinski definition) is 8. The Bertz CT molecular complexity index is 624. The minimum absolute atomic E-state index is 0.0579. The molecule has 0 fully saturated rings. The van der Waals surface area contributed by atoms with Gasteiger partial charge in [0.1, 0.15) is 5.78 Å². The van der Waals surface area contributed by atoms with Gasteiger partial charge in [0.25, 0.3) is 11.8 Å². The van der Waals surface area contributed by atoms with Crippen molar-refractivity contribution >= 4 is 23.5 Å². The molecule has 32 heavy (non-hydrogen) atoms. The van der Waals surface area contributed by atoms with E-state index in [4.69, 9.17) is 18.9 Å². The maximum Gasteiger partial charge on any atom is 0.253 e. The highest BCUT2D eigenvalue weighted by Gasteiger charge is 2.23. The lowest BCUT2D eigenvalue weighted by Gasteiger charge is -2.16. The molecule has 0 saturated heterocycles. The van der Waals surface area contributed by atoms with Crippen molar-refractivity contribution in [2.45, 2.75) is 33.6 Å². The van der Waals surface area contributed by atoms with Gasteiger partial charge in [-0.1, -0.05) is 20.8 Å². The molecular weight excluding hydrogens is 420 g/mol. The van der Waals surface area contributed by atoms with E-state index in [9.17, 15) is 19.2 Å². The minimum atomic E-state index is -0.394. The maximum atomic E-state index is 11.7. The van der Waals surface area contributed by atoms with E-state index in [-0.39, 0.29) is 30.1 Å². The fraction of sp³-hybridized carbons (Fsp3) is 0.727. The van der Waals surface area contributed by atoms with Crippen LogP contribution in [0, 0.1) is 5.41 Å². The summed E-state index contributed by atoms with van der Waals surface area (Å²) < 4.78 is 21.5. The number of Topliss-reactive ketones (excluding diaryl/α,β-unsaturated/α-hetero) is 1. The van der Waals surface area contributed by atoms with Gasteiger partial charge >= 0.3 is 0 Å². The number of hydrogen-bond donors (Lipinski definition) is 1. The van der Waals surface area contributed by atoms with Crippen LogP contribution in [0.15, 0.2) is 12.2 Å². The molecule has 0 saturated carbocycles. The fourth-order valence-electron chi connectivity index (χ4n) is 2.52. The number of imide groups is 1. The number of nitrogens with one attached hydrogen (secondary N) is 1. The molecule has 182 valence electrons. The Morgan fingerprint density at radius 1 is 0.781 bits per heavy atom. The Morgan fingerprint density at radius 3 is 1.75 bits per heavy atom. The molecule has 0 aromatic heterocycles. The zero-order chi connectivity index (χ0) is 23.8. The Morgan fingerprint density at radius 2 is 1.25 bits per heavy atom. The topological polar surface area (TPSA) is 120 Å². The van der Waals surface area contributed by atoms with E-state index >= 15 is 0 Å². The predicted octanol–water partition coefficient (Wildman–Crippen LogP) is 0.489. The second-order valence-electron chi connectivity index (χ2n) is 8.13. The summed E-state index contributed by atoms with van der Waals surface area (Å²) in [6.45, 7) is 9.40. The molecular formula is C22H36N2O8. The van der Waals surface area contributed by atoms with Gasteiger partial charge in [-0.2, -0.15) is 0 Å². The van der Waals surface area contributed by atoms with Crippen LogP contribution in [-0.4, -0.2) is 94.3 Å². The van der Waals surface area contributed by atoms with Crippen LogP contribution < -0.4 is 5.32 Å². The van der Waals surface area contributed by atoms with Crippen LogP contribution in [0.1, 0.15) is 33.6 Å². The summed E-state index contributed by atoms with van der Waals surface area (Å²) >= 11 is 0. The van der Waals surface area contributed by atoms with E-state index < -0.39 is 11.8 Å². The van der Waals surface area contributed by atoms with Crippen LogP contribution in [-0.2, 0) is 38.1 Å². The number of ketones is 1. The summed E-state index contributed by atoms with van der Waals surface area (Å²) in [6.07, 6.45) is 2.85. The maximum absolute atomic E-state index is 11.7. The summed E-state index contributed by atoms with van der Waals surface area (Å²) in [5.41, 5.74) is -0.328. The summed E-state index contributed by atoms with van der Waals surface area (Å²) in [5, 5.41) is 2.66. The number of carbonyl (C=O) groups excluding carboxylic acids is 4. The third kappa shape index (κ3) is 12.7. The van der Waals surface area contributed by atoms with E-state index in [1.807, 2.05) is 20.8 Å². The highest BCUT2D eigenvalue weighted by atomic mass is 16.6. The van der Waals surface area contributed by atoms with E-state index in [1.54, 1.807) is 0 Å². The molecule has 1 aliphatic heterocycles. The number of amides is 3. The first kappa shape index (κ1) is 27.9. The first-order valence-corrected chi connectivity index (χ1v) is 10.9. The molecule has 0 unspecified atom stereocenters. The summed E-state index contributed by atoms with van der Waals surface area (Å²) in [7, 11) is 0. The average Bonchev–Trinajstić information content (AvgIpc) is 3.05. The minimum Gasteiger partial charge on any atom is -0.379 e. The SMILES string of the molecule is CC(C)(C)C(=O)CCOCCOCCOCCOCCNC(=O)CCN1C(=O)C=CC1=O. The largest absolute Gasteiger partial charge is 0.379 e. The monoisotopic (exact) mass is 456 g/mol. The number of nitrogens with zero attached hydrogens (tertiary/aromatic N) is 1. The van der Waals surface area contributed by atoms with Crippen LogP contribution in [0.25, 0.3) is 0 Å². The van der Waals surface area contributed by atoms with Gasteiger partial charge in [-0.15, -0.1) is 0 Å². The van der Waals surface area contributed by atoms with Crippen molar-refractivity contribution in [1.29, 1.82) is 0 Å². The van der Waals surface area contributed by atoms with Crippen LogP contribution >= 0.6 is 0 Å². The Hall–Kier alpha value is -2.14. The highest BCUT2D eigenvalue weighted by Crippen LogP contribution is 2.16. The van der Waals surface area contributed by atoms with Crippen molar-refractivity contribution in [2.24, 2.45) is 5.41 Å². The average molecular weight is 457 g/mol. The molecule has 0 aromatic carbocycles. The van der Waals surface area contributed by atoms with Gasteiger partial charge in [0, 0.05) is 43.5 Å². The van der Waals surface area contributed by atoms with Gasteiger partial charge in [0.15, 0.2) is 0 Å². The predicted molar refractivity (Wildman–Crippen MR) is 116 cm³/mol. The van der Waals surface area contributed by atoms with Gasteiger partial charge in [0.05, 0.1) is 52.9 Å². The Labute approximate surface area is 189 Å². The fourth-order valence-corrected chi connectivity index (χ4v) is 2.52. The molecule has 1 aliphatic rings. The second kappa shape index (κ2) is 15.6. The van der Waals surface area contributed by atoms with Crippen LogP contribution in [0.2, 0.25) is 0 Å². The lowest BCUT2D eigenvalue weighted by molar-refractivity contribution is -0.137. The van der Waals surface area contributed by atoms with Gasteiger partial charge in [-0.3, -0.25) is 24.1 Å². The Kier molecular flexibility index (Phi) is 13.6. The van der Waals surface area contributed by atoms with Crippen molar-refractivity contribution in [1.82, 2.24) is 10.2 Å². The molecule has 3 amide bonds. The third-order valence-corrected chi connectivity index (χ3v) is 4.46. The molecule has 0 aromatic rings. The Balaban J connectivity index is 1.81. The molecule has 1 N–H and O–H groups in total. The van der Waals surface area contributed by atoms with Gasteiger partial charge in [0.2, 0.25) is 5.91 Å². The quantitative estimate of drug-likeness (QED) is 0.234. The van der Waals surface area contributed by atoms with E-state index in [0.717, 1.165) is 4.90 Å². The number of ether oxygens (including phenoxy) is 4. The lowest BCUT2D eigenvalue weighted by Crippen LogP contribution is -2.35. The summed E-state index contributed by atoms with van der Waals surface area (Å²) in [4.78, 5) is 47.2. The molecule has 1 heterocycles. The van der Waals surface area contributed by atoms with Crippen molar-refractivity contribution in [3.05, 3.63) is 12.2 Å². The van der Waals surface area contributed by atoms with Crippen molar-refractivity contribution in [2.75, 3.05) is 65.9 Å². The molecule has 0 spiro atoms. The molecule has 0 radical (unpaired) electrons. The molecule has 10 heteroatoms. The highest BCUT2D eigenvalue weighted by molar-refractivity contribution is 6.13. The van der Waals surface area contributed by atoms with Crippen LogP contribution in [0.4, 0.5) is 0 Å². The molecule has 10 nitrogen and oxygen atoms in total. The van der Waals surface area contributed by atoms with Gasteiger partial charge in [-0.25, -0.2) is 0 Å². The van der Waals surface area contributed by atoms with Crippen LogP contribution in [0.5, 0.6) is 0 Å². The van der Waals surface area contributed by atoms with E-state index in [0.29, 0.717) is 65.8 Å². The lowest BCUT2D eigenvalue weighted by atomic mass is 9.89. The number of rotatable bonds is 18. The summed E-state index contributed by atoms with van der Waals surface area (Å²) in [5.74, 6) is -0.857. The summed E-state index contributed by atoms with van der Waals surface area (Å²) in [6, 6.07) is 0. The smallest absolute Gasteiger partial charge is 0.253 e.